The molecule has 0 aliphatic carbocycles. The van der Waals surface area contributed by atoms with Crippen LogP contribution in [0.1, 0.15) is 20.8 Å². The van der Waals surface area contributed by atoms with E-state index in [1.165, 1.54) is 0 Å². The molecule has 1 aromatic rings. The molecule has 72 valence electrons. The molecular formula is C10H15NOS. The molecule has 0 saturated carbocycles. The van der Waals surface area contributed by atoms with Crippen molar-refractivity contribution in [1.82, 2.24) is 0 Å². The highest BCUT2D eigenvalue weighted by molar-refractivity contribution is 7.87. The van der Waals surface area contributed by atoms with Gasteiger partial charge in [0.25, 0.3) is 0 Å². The van der Waals surface area contributed by atoms with Crippen molar-refractivity contribution in [3.05, 3.63) is 30.3 Å². The third kappa shape index (κ3) is 3.19. The molecule has 0 amide bonds. The number of anilines is 1. The van der Waals surface area contributed by atoms with Crippen molar-refractivity contribution in [3.63, 3.8) is 0 Å². The number of benzene rings is 1. The van der Waals surface area contributed by atoms with E-state index < -0.39 is 11.0 Å². The average molecular weight is 197 g/mol. The number of hydrogen-bond donors (Lipinski definition) is 1. The highest BCUT2D eigenvalue weighted by Crippen LogP contribution is 2.14. The van der Waals surface area contributed by atoms with Crippen LogP contribution in [0.3, 0.4) is 0 Å². The van der Waals surface area contributed by atoms with Crippen molar-refractivity contribution in [2.45, 2.75) is 25.5 Å². The standard InChI is InChI=1S/C10H15NOS/c1-10(2,3)13(12)11-9-7-5-4-6-8-9/h4-8,11H,1-3H3. The number of nitrogens with one attached hydrogen (secondary N) is 1. The van der Waals surface area contributed by atoms with Gasteiger partial charge in [-0.05, 0) is 32.9 Å². The summed E-state index contributed by atoms with van der Waals surface area (Å²) in [7, 11) is -1.04. The van der Waals surface area contributed by atoms with Crippen LogP contribution in [-0.2, 0) is 11.0 Å². The predicted octanol–water partition coefficient (Wildman–Crippen LogP) is 2.56. The fraction of sp³-hybridized carbons (Fsp3) is 0.400. The Morgan fingerprint density at radius 2 is 1.69 bits per heavy atom. The SMILES string of the molecule is CC(C)(C)S(=O)Nc1ccccc1. The van der Waals surface area contributed by atoms with Crippen molar-refractivity contribution >= 4 is 16.7 Å². The second kappa shape index (κ2) is 3.92. The van der Waals surface area contributed by atoms with Gasteiger partial charge < -0.3 is 4.72 Å². The van der Waals surface area contributed by atoms with Crippen LogP contribution in [0.2, 0.25) is 0 Å². The molecule has 3 heteroatoms. The molecule has 0 radical (unpaired) electrons. The minimum Gasteiger partial charge on any atom is -0.305 e. The van der Waals surface area contributed by atoms with Gasteiger partial charge in [0.2, 0.25) is 0 Å². The molecule has 0 heterocycles. The molecule has 1 atom stereocenters. The summed E-state index contributed by atoms with van der Waals surface area (Å²) in [5.41, 5.74) is 0.899. The molecule has 0 aliphatic heterocycles. The minimum atomic E-state index is -1.04. The summed E-state index contributed by atoms with van der Waals surface area (Å²) in [4.78, 5) is 0. The van der Waals surface area contributed by atoms with Gasteiger partial charge in [-0.15, -0.1) is 0 Å². The quantitative estimate of drug-likeness (QED) is 0.775. The zero-order valence-corrected chi connectivity index (χ0v) is 9.02. The Morgan fingerprint density at radius 1 is 1.15 bits per heavy atom. The summed E-state index contributed by atoms with van der Waals surface area (Å²) < 4.78 is 14.4. The fourth-order valence-electron chi connectivity index (χ4n) is 0.766. The van der Waals surface area contributed by atoms with Gasteiger partial charge in [0.15, 0.2) is 0 Å². The molecule has 13 heavy (non-hydrogen) atoms. The zero-order valence-electron chi connectivity index (χ0n) is 8.20. The van der Waals surface area contributed by atoms with Crippen LogP contribution in [0.4, 0.5) is 5.69 Å². The Balaban J connectivity index is 2.66. The van der Waals surface area contributed by atoms with E-state index in [9.17, 15) is 4.21 Å². The van der Waals surface area contributed by atoms with Crippen LogP contribution in [-0.4, -0.2) is 8.96 Å². The molecule has 0 aromatic heterocycles. The van der Waals surface area contributed by atoms with Gasteiger partial charge in [0, 0.05) is 5.69 Å². The summed E-state index contributed by atoms with van der Waals surface area (Å²) in [6.07, 6.45) is 0. The van der Waals surface area contributed by atoms with Gasteiger partial charge in [-0.1, -0.05) is 18.2 Å². The van der Waals surface area contributed by atoms with E-state index in [1.54, 1.807) is 0 Å². The normalized spacial score (nSPS) is 13.8. The van der Waals surface area contributed by atoms with Gasteiger partial charge in [-0.3, -0.25) is 0 Å². The van der Waals surface area contributed by atoms with Gasteiger partial charge in [-0.25, -0.2) is 4.21 Å². The number of para-hydroxylation sites is 1. The van der Waals surface area contributed by atoms with E-state index in [2.05, 4.69) is 4.72 Å². The maximum Gasteiger partial charge on any atom is 0.122 e. The summed E-state index contributed by atoms with van der Waals surface area (Å²) in [5.74, 6) is 0. The van der Waals surface area contributed by atoms with Crippen LogP contribution < -0.4 is 4.72 Å². The maximum absolute atomic E-state index is 11.6. The molecule has 1 unspecified atom stereocenters. The predicted molar refractivity (Wildman–Crippen MR) is 58.0 cm³/mol. The Hall–Kier alpha value is -0.830. The van der Waals surface area contributed by atoms with Gasteiger partial charge in [0.1, 0.15) is 11.0 Å². The van der Waals surface area contributed by atoms with Crippen LogP contribution >= 0.6 is 0 Å². The Labute approximate surface area is 82.0 Å². The maximum atomic E-state index is 11.6. The van der Waals surface area contributed by atoms with E-state index in [0.29, 0.717) is 0 Å². The summed E-state index contributed by atoms with van der Waals surface area (Å²) in [5, 5.41) is 0. The van der Waals surface area contributed by atoms with E-state index in [-0.39, 0.29) is 4.75 Å². The minimum absolute atomic E-state index is 0.226. The molecule has 0 bridgehead atoms. The third-order valence-electron chi connectivity index (χ3n) is 1.54. The van der Waals surface area contributed by atoms with E-state index in [4.69, 9.17) is 0 Å². The highest BCUT2D eigenvalue weighted by atomic mass is 32.2. The first-order valence-electron chi connectivity index (χ1n) is 4.24. The average Bonchev–Trinajstić information content (AvgIpc) is 2.04. The largest absolute Gasteiger partial charge is 0.305 e. The lowest BCUT2D eigenvalue weighted by Crippen LogP contribution is -2.27. The van der Waals surface area contributed by atoms with Crippen molar-refractivity contribution in [3.8, 4) is 0 Å². The number of hydrogen-bond acceptors (Lipinski definition) is 1. The Morgan fingerprint density at radius 3 is 2.15 bits per heavy atom. The van der Waals surface area contributed by atoms with Crippen LogP contribution in [0.25, 0.3) is 0 Å². The summed E-state index contributed by atoms with van der Waals surface area (Å²) >= 11 is 0. The van der Waals surface area contributed by atoms with Crippen molar-refractivity contribution in [2.24, 2.45) is 0 Å². The van der Waals surface area contributed by atoms with Crippen LogP contribution in [0, 0.1) is 0 Å². The van der Waals surface area contributed by atoms with E-state index in [0.717, 1.165) is 5.69 Å². The molecule has 1 N–H and O–H groups in total. The smallest absolute Gasteiger partial charge is 0.122 e. The van der Waals surface area contributed by atoms with Crippen molar-refractivity contribution < 1.29 is 4.21 Å². The monoisotopic (exact) mass is 197 g/mol. The topological polar surface area (TPSA) is 29.1 Å². The third-order valence-corrected chi connectivity index (χ3v) is 3.07. The lowest BCUT2D eigenvalue weighted by molar-refractivity contribution is 0.653. The van der Waals surface area contributed by atoms with Crippen LogP contribution in [0.5, 0.6) is 0 Å². The summed E-state index contributed by atoms with van der Waals surface area (Å²) in [6, 6.07) is 9.59. The Kier molecular flexibility index (Phi) is 3.09. The lowest BCUT2D eigenvalue weighted by Gasteiger charge is -2.18. The molecule has 0 spiro atoms. The molecule has 0 saturated heterocycles. The fourth-order valence-corrected chi connectivity index (χ4v) is 1.42. The molecular weight excluding hydrogens is 182 g/mol. The first-order chi connectivity index (χ1) is 6.00. The molecule has 2 nitrogen and oxygen atoms in total. The van der Waals surface area contributed by atoms with Crippen LogP contribution in [0.15, 0.2) is 30.3 Å². The van der Waals surface area contributed by atoms with E-state index in [1.807, 2.05) is 51.1 Å². The highest BCUT2D eigenvalue weighted by Gasteiger charge is 2.19. The molecule has 0 aliphatic rings. The molecule has 1 rings (SSSR count). The first kappa shape index (κ1) is 10.3. The van der Waals surface area contributed by atoms with Gasteiger partial charge in [0.05, 0.1) is 4.75 Å². The summed E-state index contributed by atoms with van der Waals surface area (Å²) in [6.45, 7) is 5.83. The van der Waals surface area contributed by atoms with E-state index >= 15 is 0 Å². The van der Waals surface area contributed by atoms with Crippen molar-refractivity contribution in [2.75, 3.05) is 4.72 Å². The first-order valence-corrected chi connectivity index (χ1v) is 5.39. The lowest BCUT2D eigenvalue weighted by atomic mass is 10.3. The molecule has 1 aromatic carbocycles. The second-order valence-electron chi connectivity index (χ2n) is 3.85. The Bertz CT molecular complexity index is 290. The zero-order chi connectivity index (χ0) is 9.90. The van der Waals surface area contributed by atoms with Crippen molar-refractivity contribution in [1.29, 1.82) is 0 Å². The number of rotatable bonds is 2. The molecule has 0 fully saturated rings. The van der Waals surface area contributed by atoms with Gasteiger partial charge >= 0.3 is 0 Å². The second-order valence-corrected chi connectivity index (χ2v) is 5.82. The van der Waals surface area contributed by atoms with Gasteiger partial charge in [-0.2, -0.15) is 0 Å².